The standard InChI is InChI=1S/C23H29BrN4O3/c1-2-31-28-9-7-27(8-10-28)6-5-25-15-19-22(29)12-17(13-23(19)30)18-14-21-16(3-4-26-21)11-20(18)24/h3-4,11,14-15,17,25-26H,2,5-10,12-13H2,1H3. The van der Waals surface area contributed by atoms with Crippen molar-refractivity contribution in [1.29, 1.82) is 0 Å². The van der Waals surface area contributed by atoms with Crippen LogP contribution in [0.2, 0.25) is 0 Å². The maximum absolute atomic E-state index is 12.7. The maximum Gasteiger partial charge on any atom is 0.168 e. The molecule has 2 heterocycles. The summed E-state index contributed by atoms with van der Waals surface area (Å²) in [7, 11) is 0. The van der Waals surface area contributed by atoms with Gasteiger partial charge in [-0.05, 0) is 36.6 Å². The van der Waals surface area contributed by atoms with Gasteiger partial charge in [0.15, 0.2) is 11.6 Å². The quantitative estimate of drug-likeness (QED) is 0.354. The molecule has 0 atom stereocenters. The third-order valence-corrected chi connectivity index (χ3v) is 6.72. The second-order valence-corrected chi connectivity index (χ2v) is 8.95. The fraction of sp³-hybridized carbons (Fsp3) is 0.478. The molecule has 0 amide bonds. The fourth-order valence-electron chi connectivity index (χ4n) is 4.34. The largest absolute Gasteiger partial charge is 0.389 e. The van der Waals surface area contributed by atoms with E-state index in [2.05, 4.69) is 31.1 Å². The summed E-state index contributed by atoms with van der Waals surface area (Å²) in [5.74, 6) is -0.268. The summed E-state index contributed by atoms with van der Waals surface area (Å²) >= 11 is 3.62. The van der Waals surface area contributed by atoms with Crippen LogP contribution in [-0.2, 0) is 14.4 Å². The summed E-state index contributed by atoms with van der Waals surface area (Å²) in [5, 5.41) is 6.29. The molecule has 2 aliphatic rings. The van der Waals surface area contributed by atoms with E-state index in [0.717, 1.165) is 53.7 Å². The molecular formula is C23H29BrN4O3. The van der Waals surface area contributed by atoms with Gasteiger partial charge >= 0.3 is 0 Å². The lowest BCUT2D eigenvalue weighted by molar-refractivity contribution is -0.172. The Morgan fingerprint density at radius 3 is 2.65 bits per heavy atom. The Morgan fingerprint density at radius 2 is 1.94 bits per heavy atom. The Balaban J connectivity index is 1.30. The van der Waals surface area contributed by atoms with E-state index in [4.69, 9.17) is 4.84 Å². The van der Waals surface area contributed by atoms with Crippen LogP contribution in [0.25, 0.3) is 10.9 Å². The van der Waals surface area contributed by atoms with Gasteiger partial charge in [0.2, 0.25) is 0 Å². The average molecular weight is 489 g/mol. The number of rotatable bonds is 7. The normalized spacial score (nSPS) is 21.1. The lowest BCUT2D eigenvalue weighted by Gasteiger charge is -2.33. The minimum atomic E-state index is -0.0964. The first kappa shape index (κ1) is 22.2. The van der Waals surface area contributed by atoms with Gasteiger partial charge in [-0.3, -0.25) is 19.3 Å². The number of hydrogen-bond donors (Lipinski definition) is 2. The molecule has 1 saturated carbocycles. The van der Waals surface area contributed by atoms with E-state index >= 15 is 0 Å². The van der Waals surface area contributed by atoms with E-state index in [1.54, 1.807) is 6.20 Å². The Kier molecular flexibility index (Phi) is 7.22. The first-order valence-corrected chi connectivity index (χ1v) is 11.7. The van der Waals surface area contributed by atoms with Crippen LogP contribution in [0.4, 0.5) is 0 Å². The van der Waals surface area contributed by atoms with Crippen molar-refractivity contribution in [2.75, 3.05) is 45.9 Å². The van der Waals surface area contributed by atoms with Gasteiger partial charge in [0.1, 0.15) is 0 Å². The number of hydroxylamine groups is 2. The molecule has 0 spiro atoms. The zero-order valence-corrected chi connectivity index (χ0v) is 19.4. The van der Waals surface area contributed by atoms with Crippen LogP contribution in [0.3, 0.4) is 0 Å². The van der Waals surface area contributed by atoms with Crippen LogP contribution in [0, 0.1) is 0 Å². The van der Waals surface area contributed by atoms with E-state index in [1.807, 2.05) is 36.4 Å². The van der Waals surface area contributed by atoms with Gasteiger partial charge in [0.05, 0.1) is 12.2 Å². The van der Waals surface area contributed by atoms with Gasteiger partial charge in [-0.2, -0.15) is 5.06 Å². The minimum Gasteiger partial charge on any atom is -0.389 e. The number of fused-ring (bicyclic) bond motifs is 1. The number of halogens is 1. The molecule has 2 aromatic rings. The van der Waals surface area contributed by atoms with Crippen molar-refractivity contribution in [3.8, 4) is 0 Å². The highest BCUT2D eigenvalue weighted by Crippen LogP contribution is 2.37. The highest BCUT2D eigenvalue weighted by molar-refractivity contribution is 9.10. The van der Waals surface area contributed by atoms with Crippen LogP contribution in [-0.4, -0.2) is 72.4 Å². The fourth-order valence-corrected chi connectivity index (χ4v) is 5.02. The summed E-state index contributed by atoms with van der Waals surface area (Å²) in [6.07, 6.45) is 4.22. The molecule has 0 unspecified atom stereocenters. The van der Waals surface area contributed by atoms with Crippen molar-refractivity contribution in [2.24, 2.45) is 0 Å². The van der Waals surface area contributed by atoms with Crippen LogP contribution in [0.5, 0.6) is 0 Å². The first-order chi connectivity index (χ1) is 15.0. The van der Waals surface area contributed by atoms with Crippen molar-refractivity contribution < 1.29 is 14.4 Å². The van der Waals surface area contributed by atoms with Gasteiger partial charge in [-0.25, -0.2) is 0 Å². The molecule has 1 aliphatic carbocycles. The Labute approximate surface area is 190 Å². The third-order valence-electron chi connectivity index (χ3n) is 6.04. The van der Waals surface area contributed by atoms with Crippen molar-refractivity contribution in [3.05, 3.63) is 46.2 Å². The Hall–Kier alpha value is -2.00. The number of ketones is 2. The number of hydrogen-bond acceptors (Lipinski definition) is 6. The van der Waals surface area contributed by atoms with E-state index in [0.29, 0.717) is 31.6 Å². The van der Waals surface area contributed by atoms with Gasteiger partial charge in [0.25, 0.3) is 0 Å². The number of allylic oxidation sites excluding steroid dienone is 1. The predicted molar refractivity (Wildman–Crippen MR) is 124 cm³/mol. The highest BCUT2D eigenvalue weighted by atomic mass is 79.9. The molecule has 2 fully saturated rings. The summed E-state index contributed by atoms with van der Waals surface area (Å²) in [4.78, 5) is 36.5. The second-order valence-electron chi connectivity index (χ2n) is 8.09. The number of nitrogens with zero attached hydrogens (tertiary/aromatic N) is 2. The number of carbonyl (C=O) groups excluding carboxylic acids is 2. The molecule has 4 rings (SSSR count). The van der Waals surface area contributed by atoms with Crippen LogP contribution in [0.15, 0.2) is 40.6 Å². The number of aromatic amines is 1. The number of H-pyrrole nitrogens is 1. The van der Waals surface area contributed by atoms with Crippen molar-refractivity contribution in [3.63, 3.8) is 0 Å². The van der Waals surface area contributed by atoms with Gasteiger partial charge in [-0.15, -0.1) is 0 Å². The molecule has 7 nitrogen and oxygen atoms in total. The van der Waals surface area contributed by atoms with E-state index in [1.165, 1.54) is 0 Å². The minimum absolute atomic E-state index is 0.0856. The van der Waals surface area contributed by atoms with Crippen molar-refractivity contribution >= 4 is 38.4 Å². The SMILES string of the molecule is CCON1CCN(CCNC=C2C(=O)CC(c3cc4[nH]ccc4cc3Br)CC2=O)CC1. The summed E-state index contributed by atoms with van der Waals surface area (Å²) in [6.45, 7) is 7.99. The molecule has 1 aromatic heterocycles. The number of piperazine rings is 1. The van der Waals surface area contributed by atoms with Crippen LogP contribution >= 0.6 is 15.9 Å². The number of carbonyl (C=O) groups is 2. The smallest absolute Gasteiger partial charge is 0.168 e. The van der Waals surface area contributed by atoms with E-state index in [-0.39, 0.29) is 17.5 Å². The molecular weight excluding hydrogens is 460 g/mol. The van der Waals surface area contributed by atoms with Crippen molar-refractivity contribution in [2.45, 2.75) is 25.7 Å². The highest BCUT2D eigenvalue weighted by Gasteiger charge is 2.32. The molecule has 8 heteroatoms. The Bertz CT molecular complexity index is 958. The molecule has 1 aliphatic heterocycles. The third kappa shape index (κ3) is 5.26. The monoisotopic (exact) mass is 488 g/mol. The number of Topliss-reactive ketones (excluding diaryl/α,β-unsaturated/α-hetero) is 2. The zero-order chi connectivity index (χ0) is 21.8. The lowest BCUT2D eigenvalue weighted by Crippen LogP contribution is -2.47. The average Bonchev–Trinajstić information content (AvgIpc) is 3.20. The molecule has 0 radical (unpaired) electrons. The lowest BCUT2D eigenvalue weighted by atomic mass is 9.80. The molecule has 0 bridgehead atoms. The molecule has 31 heavy (non-hydrogen) atoms. The van der Waals surface area contributed by atoms with Crippen LogP contribution in [0.1, 0.15) is 31.2 Å². The summed E-state index contributed by atoms with van der Waals surface area (Å²) in [6, 6.07) is 6.09. The van der Waals surface area contributed by atoms with Gasteiger partial charge in [0, 0.05) is 79.9 Å². The number of benzene rings is 1. The molecule has 1 aromatic carbocycles. The van der Waals surface area contributed by atoms with E-state index in [9.17, 15) is 9.59 Å². The summed E-state index contributed by atoms with van der Waals surface area (Å²) < 4.78 is 0.945. The van der Waals surface area contributed by atoms with E-state index < -0.39 is 0 Å². The van der Waals surface area contributed by atoms with Gasteiger partial charge in [-0.1, -0.05) is 15.9 Å². The second kappa shape index (κ2) is 10.1. The predicted octanol–water partition coefficient (Wildman–Crippen LogP) is 2.99. The Morgan fingerprint density at radius 1 is 1.19 bits per heavy atom. The molecule has 1 saturated heterocycles. The number of aromatic nitrogens is 1. The maximum atomic E-state index is 12.7. The topological polar surface area (TPSA) is 77.7 Å². The van der Waals surface area contributed by atoms with Gasteiger partial charge < -0.3 is 10.3 Å². The summed E-state index contributed by atoms with van der Waals surface area (Å²) in [5.41, 5.74) is 2.33. The van der Waals surface area contributed by atoms with Crippen LogP contribution < -0.4 is 5.32 Å². The molecule has 166 valence electrons. The zero-order valence-electron chi connectivity index (χ0n) is 17.8. The van der Waals surface area contributed by atoms with Crippen molar-refractivity contribution in [1.82, 2.24) is 20.3 Å². The number of nitrogens with one attached hydrogen (secondary N) is 2. The molecule has 2 N–H and O–H groups in total. The first-order valence-electron chi connectivity index (χ1n) is 10.9.